The molecule has 76 valence electrons. The Hall–Kier alpha value is -0.610. The molecule has 0 aromatic carbocycles. The fourth-order valence-corrected chi connectivity index (χ4v) is 1.05. The molecule has 2 unspecified atom stereocenters. The first-order valence-corrected chi connectivity index (χ1v) is 4.50. The molecule has 0 bridgehead atoms. The van der Waals surface area contributed by atoms with Crippen LogP contribution in [0.2, 0.25) is 0 Å². The Kier molecular flexibility index (Phi) is 3.27. The van der Waals surface area contributed by atoms with Gasteiger partial charge in [0.05, 0.1) is 12.2 Å². The Morgan fingerprint density at radius 3 is 2.00 bits per heavy atom. The predicted octanol–water partition coefficient (Wildman–Crippen LogP) is 0.315. The number of fused-ring (bicyclic) bond motifs is 1. The van der Waals surface area contributed by atoms with Gasteiger partial charge in [-0.2, -0.15) is 0 Å². The van der Waals surface area contributed by atoms with Crippen molar-refractivity contribution in [3.8, 4) is 0 Å². The number of rotatable bonds is 1. The largest absolute Gasteiger partial charge is 0.462 e. The molecule has 0 radical (unpaired) electrons. The van der Waals surface area contributed by atoms with Crippen molar-refractivity contribution in [2.75, 3.05) is 13.1 Å². The molecule has 2 aliphatic heterocycles. The molecule has 1 N–H and O–H groups in total. The second-order valence-electron chi connectivity index (χ2n) is 4.20. The van der Waals surface area contributed by atoms with Crippen molar-refractivity contribution < 1.29 is 14.3 Å². The average molecular weight is 187 g/mol. The highest BCUT2D eigenvalue weighted by Gasteiger charge is 2.42. The number of nitrogens with one attached hydrogen (secondary N) is 1. The zero-order chi connectivity index (χ0) is 9.90. The minimum Gasteiger partial charge on any atom is -0.462 e. The van der Waals surface area contributed by atoms with Crippen LogP contribution in [-0.4, -0.2) is 37.4 Å². The topological polar surface area (TPSA) is 50.9 Å². The summed E-state index contributed by atoms with van der Waals surface area (Å²) in [7, 11) is 0. The van der Waals surface area contributed by atoms with E-state index in [4.69, 9.17) is 4.74 Å². The molecule has 0 aromatic rings. The van der Waals surface area contributed by atoms with Crippen LogP contribution in [0.4, 0.5) is 0 Å². The molecule has 0 aliphatic carbocycles. The maximum Gasteiger partial charge on any atom is 0.293 e. The number of hydrogen-bond donors (Lipinski definition) is 1. The molecule has 2 rings (SSSR count). The Labute approximate surface area is 78.6 Å². The Morgan fingerprint density at radius 1 is 1.38 bits per heavy atom. The van der Waals surface area contributed by atoms with Gasteiger partial charge in [-0.3, -0.25) is 4.79 Å². The number of carbonyl (C=O) groups excluding carboxylic acids is 1. The second-order valence-corrected chi connectivity index (χ2v) is 4.20. The highest BCUT2D eigenvalue weighted by Crippen LogP contribution is 2.24. The van der Waals surface area contributed by atoms with Gasteiger partial charge >= 0.3 is 0 Å². The number of ether oxygens (including phenoxy) is 2. The van der Waals surface area contributed by atoms with Gasteiger partial charge in [0.2, 0.25) is 0 Å². The van der Waals surface area contributed by atoms with Gasteiger partial charge in [0.25, 0.3) is 6.47 Å². The molecule has 0 spiro atoms. The van der Waals surface area contributed by atoms with Crippen molar-refractivity contribution in [3.05, 3.63) is 0 Å². The van der Waals surface area contributed by atoms with Gasteiger partial charge in [-0.05, 0) is 20.8 Å². The Morgan fingerprint density at radius 2 is 1.92 bits per heavy atom. The van der Waals surface area contributed by atoms with Crippen LogP contribution in [0.1, 0.15) is 20.8 Å². The first-order chi connectivity index (χ1) is 6.03. The van der Waals surface area contributed by atoms with Gasteiger partial charge in [0.1, 0.15) is 5.60 Å². The number of carbonyl (C=O) groups is 1. The molecule has 4 heteroatoms. The molecule has 2 atom stereocenters. The van der Waals surface area contributed by atoms with Crippen LogP contribution in [0, 0.1) is 0 Å². The van der Waals surface area contributed by atoms with E-state index in [0.717, 1.165) is 13.1 Å². The van der Waals surface area contributed by atoms with Crippen LogP contribution in [-0.2, 0) is 14.3 Å². The number of hydrogen-bond acceptors (Lipinski definition) is 4. The molecule has 13 heavy (non-hydrogen) atoms. The number of morpholine rings is 1. The summed E-state index contributed by atoms with van der Waals surface area (Å²) in [6.07, 6.45) is 1.20. The summed E-state index contributed by atoms with van der Waals surface area (Å²) in [4.78, 5) is 9.60. The third-order valence-corrected chi connectivity index (χ3v) is 1.78. The molecule has 2 aliphatic rings. The van der Waals surface area contributed by atoms with E-state index in [2.05, 4.69) is 10.1 Å². The van der Waals surface area contributed by atoms with E-state index in [1.54, 1.807) is 0 Å². The summed E-state index contributed by atoms with van der Waals surface area (Å²) >= 11 is 0. The van der Waals surface area contributed by atoms with Crippen molar-refractivity contribution in [3.63, 3.8) is 0 Å². The molecule has 4 nitrogen and oxygen atoms in total. The van der Waals surface area contributed by atoms with E-state index in [-0.39, 0.29) is 5.60 Å². The zero-order valence-corrected chi connectivity index (χ0v) is 8.37. The molecule has 2 heterocycles. The molecule has 2 fully saturated rings. The lowest BCUT2D eigenvalue weighted by atomic mass is 10.2. The van der Waals surface area contributed by atoms with E-state index in [1.165, 1.54) is 0 Å². The number of epoxide rings is 1. The second kappa shape index (κ2) is 4.07. The fraction of sp³-hybridized carbons (Fsp3) is 0.889. The molecule has 0 saturated carbocycles. The predicted molar refractivity (Wildman–Crippen MR) is 48.4 cm³/mol. The fourth-order valence-electron chi connectivity index (χ4n) is 1.05. The molecular formula is C9H17NO3. The summed E-state index contributed by atoms with van der Waals surface area (Å²) in [6.45, 7) is 8.10. The first kappa shape index (κ1) is 10.5. The zero-order valence-electron chi connectivity index (χ0n) is 8.37. The van der Waals surface area contributed by atoms with E-state index in [9.17, 15) is 4.79 Å². The van der Waals surface area contributed by atoms with Crippen molar-refractivity contribution in [1.82, 2.24) is 5.32 Å². The van der Waals surface area contributed by atoms with Crippen LogP contribution in [0.15, 0.2) is 0 Å². The van der Waals surface area contributed by atoms with Gasteiger partial charge in [-0.15, -0.1) is 0 Å². The standard InChI is InChI=1S/C5H10O2.C4H7NO/c1-5(2,3)7-4-6;1-3-4(6-3)2-5-1/h4H,1-3H3;3-5H,1-2H2. The normalized spacial score (nSPS) is 29.8. The molecule has 2 saturated heterocycles. The summed E-state index contributed by atoms with van der Waals surface area (Å²) in [5.74, 6) is 0. The third-order valence-electron chi connectivity index (χ3n) is 1.78. The van der Waals surface area contributed by atoms with E-state index < -0.39 is 0 Å². The third kappa shape index (κ3) is 4.24. The van der Waals surface area contributed by atoms with Crippen LogP contribution in [0.3, 0.4) is 0 Å². The summed E-state index contributed by atoms with van der Waals surface area (Å²) in [5.41, 5.74) is -0.318. The minimum atomic E-state index is -0.318. The minimum absolute atomic E-state index is 0.318. The highest BCUT2D eigenvalue weighted by molar-refractivity contribution is 5.37. The van der Waals surface area contributed by atoms with Crippen LogP contribution in [0.5, 0.6) is 0 Å². The van der Waals surface area contributed by atoms with E-state index in [1.807, 2.05) is 20.8 Å². The van der Waals surface area contributed by atoms with Crippen LogP contribution < -0.4 is 5.32 Å². The molecule has 0 aromatic heterocycles. The first-order valence-electron chi connectivity index (χ1n) is 4.50. The quantitative estimate of drug-likeness (QED) is 0.474. The smallest absolute Gasteiger partial charge is 0.293 e. The maximum absolute atomic E-state index is 9.60. The summed E-state index contributed by atoms with van der Waals surface area (Å²) < 4.78 is 9.64. The lowest BCUT2D eigenvalue weighted by Gasteiger charge is -2.14. The van der Waals surface area contributed by atoms with Crippen LogP contribution in [0.25, 0.3) is 0 Å². The van der Waals surface area contributed by atoms with Gasteiger partial charge in [0, 0.05) is 13.1 Å². The van der Waals surface area contributed by atoms with Crippen molar-refractivity contribution in [2.45, 2.75) is 38.6 Å². The Balaban J connectivity index is 0.000000130. The SMILES string of the molecule is C1NCC2OC12.CC(C)(C)OC=O. The lowest BCUT2D eigenvalue weighted by Crippen LogP contribution is -2.17. The summed E-state index contributed by atoms with van der Waals surface area (Å²) in [5, 5.41) is 3.20. The van der Waals surface area contributed by atoms with Crippen molar-refractivity contribution in [1.29, 1.82) is 0 Å². The van der Waals surface area contributed by atoms with Crippen molar-refractivity contribution >= 4 is 6.47 Å². The maximum atomic E-state index is 9.60. The summed E-state index contributed by atoms with van der Waals surface area (Å²) in [6, 6.07) is 0. The lowest BCUT2D eigenvalue weighted by molar-refractivity contribution is -0.138. The monoisotopic (exact) mass is 187 g/mol. The van der Waals surface area contributed by atoms with E-state index in [0.29, 0.717) is 18.7 Å². The van der Waals surface area contributed by atoms with Gasteiger partial charge < -0.3 is 14.8 Å². The van der Waals surface area contributed by atoms with Crippen molar-refractivity contribution in [2.24, 2.45) is 0 Å². The average Bonchev–Trinajstić information content (AvgIpc) is 2.58. The van der Waals surface area contributed by atoms with Gasteiger partial charge in [-0.25, -0.2) is 0 Å². The molecular weight excluding hydrogens is 170 g/mol. The molecule has 0 amide bonds. The van der Waals surface area contributed by atoms with Gasteiger partial charge in [-0.1, -0.05) is 0 Å². The van der Waals surface area contributed by atoms with Gasteiger partial charge in [0.15, 0.2) is 0 Å². The van der Waals surface area contributed by atoms with E-state index >= 15 is 0 Å². The Bertz CT molecular complexity index is 168. The van der Waals surface area contributed by atoms with Crippen LogP contribution >= 0.6 is 0 Å². The highest BCUT2D eigenvalue weighted by atomic mass is 16.6.